The molecule has 0 bridgehead atoms. The minimum Gasteiger partial charge on any atom is -0.398 e. The van der Waals surface area contributed by atoms with E-state index in [0.29, 0.717) is 12.2 Å². The molecule has 0 amide bonds. The van der Waals surface area contributed by atoms with Gasteiger partial charge >= 0.3 is 0 Å². The van der Waals surface area contributed by atoms with Crippen LogP contribution in [0.3, 0.4) is 0 Å². The molecular weight excluding hydrogens is 276 g/mol. The summed E-state index contributed by atoms with van der Waals surface area (Å²) in [4.78, 5) is 12.6. The first-order valence-corrected chi connectivity index (χ1v) is 6.02. The van der Waals surface area contributed by atoms with E-state index < -0.39 is 0 Å². The molecule has 0 aliphatic rings. The Hall–Kier alpha value is -1.07. The van der Waals surface area contributed by atoms with E-state index in [9.17, 15) is 4.79 Å². The maximum Gasteiger partial charge on any atom is 0.250 e. The molecule has 15 heavy (non-hydrogen) atoms. The van der Waals surface area contributed by atoms with Crippen LogP contribution in [0.4, 0.5) is 5.69 Å². The predicted octanol–water partition coefficient (Wildman–Crippen LogP) is 2.30. The van der Waals surface area contributed by atoms with E-state index in [-0.39, 0.29) is 5.56 Å². The topological polar surface area (TPSA) is 48.0 Å². The Balaban J connectivity index is 2.36. The van der Waals surface area contributed by atoms with Gasteiger partial charge in [0.25, 0.3) is 5.56 Å². The van der Waals surface area contributed by atoms with Crippen LogP contribution in [0, 0.1) is 0 Å². The maximum atomic E-state index is 11.5. The molecule has 5 heteroatoms. The molecule has 2 N–H and O–H groups in total. The standard InChI is InChI=1S/C10H9BrN2OS/c11-8-3-4-15-9(8)6-13-5-7(12)1-2-10(13)14/h1-5H,6,12H2. The Morgan fingerprint density at radius 1 is 1.40 bits per heavy atom. The highest BCUT2D eigenvalue weighted by atomic mass is 79.9. The molecule has 0 unspecified atom stereocenters. The molecular formula is C10H9BrN2OS. The van der Waals surface area contributed by atoms with Crippen LogP contribution in [-0.4, -0.2) is 4.57 Å². The number of halogens is 1. The van der Waals surface area contributed by atoms with Gasteiger partial charge in [0.2, 0.25) is 0 Å². The lowest BCUT2D eigenvalue weighted by Gasteiger charge is -2.04. The molecule has 3 nitrogen and oxygen atoms in total. The summed E-state index contributed by atoms with van der Waals surface area (Å²) in [5.41, 5.74) is 6.19. The van der Waals surface area contributed by atoms with Gasteiger partial charge in [-0.3, -0.25) is 4.79 Å². The van der Waals surface area contributed by atoms with Crippen molar-refractivity contribution in [3.63, 3.8) is 0 Å². The summed E-state index contributed by atoms with van der Waals surface area (Å²) in [5.74, 6) is 0. The molecule has 2 aromatic rings. The molecule has 0 aliphatic heterocycles. The molecule has 0 spiro atoms. The van der Waals surface area contributed by atoms with Crippen LogP contribution in [0.2, 0.25) is 0 Å². The number of hydrogen-bond acceptors (Lipinski definition) is 3. The van der Waals surface area contributed by atoms with E-state index in [1.54, 1.807) is 28.2 Å². The van der Waals surface area contributed by atoms with Gasteiger partial charge in [0.05, 0.1) is 6.54 Å². The molecule has 78 valence electrons. The third-order valence-electron chi connectivity index (χ3n) is 2.01. The molecule has 0 atom stereocenters. The number of thiophene rings is 1. The number of rotatable bonds is 2. The van der Waals surface area contributed by atoms with Crippen molar-refractivity contribution in [1.82, 2.24) is 4.57 Å². The summed E-state index contributed by atoms with van der Waals surface area (Å²) in [7, 11) is 0. The third-order valence-corrected chi connectivity index (χ3v) is 3.92. The lowest BCUT2D eigenvalue weighted by Crippen LogP contribution is -2.19. The molecule has 0 aromatic carbocycles. The van der Waals surface area contributed by atoms with Gasteiger partial charge in [0.1, 0.15) is 0 Å². The zero-order chi connectivity index (χ0) is 10.8. The van der Waals surface area contributed by atoms with Gasteiger partial charge < -0.3 is 10.3 Å². The second-order valence-corrected chi connectivity index (χ2v) is 4.98. The van der Waals surface area contributed by atoms with Gasteiger partial charge in [-0.1, -0.05) is 0 Å². The highest BCUT2D eigenvalue weighted by Crippen LogP contribution is 2.23. The fourth-order valence-electron chi connectivity index (χ4n) is 1.27. The van der Waals surface area contributed by atoms with Crippen molar-refractivity contribution in [2.24, 2.45) is 0 Å². The van der Waals surface area contributed by atoms with Crippen molar-refractivity contribution >= 4 is 33.0 Å². The summed E-state index contributed by atoms with van der Waals surface area (Å²) < 4.78 is 2.63. The average Bonchev–Trinajstić information content (AvgIpc) is 2.58. The van der Waals surface area contributed by atoms with Crippen molar-refractivity contribution in [1.29, 1.82) is 0 Å². The van der Waals surface area contributed by atoms with E-state index in [2.05, 4.69) is 15.9 Å². The third kappa shape index (κ3) is 2.30. The van der Waals surface area contributed by atoms with Crippen molar-refractivity contribution in [3.05, 3.63) is 49.5 Å². The largest absolute Gasteiger partial charge is 0.398 e. The van der Waals surface area contributed by atoms with Gasteiger partial charge in [0, 0.05) is 27.3 Å². The molecule has 0 saturated heterocycles. The molecule has 0 fully saturated rings. The fourth-order valence-corrected chi connectivity index (χ4v) is 2.74. The lowest BCUT2D eigenvalue weighted by molar-refractivity contribution is 0.770. The number of nitrogens with two attached hydrogens (primary N) is 1. The van der Waals surface area contributed by atoms with Crippen LogP contribution in [0.1, 0.15) is 4.88 Å². The van der Waals surface area contributed by atoms with Crippen LogP contribution in [0.5, 0.6) is 0 Å². The van der Waals surface area contributed by atoms with E-state index in [4.69, 9.17) is 5.73 Å². The average molecular weight is 285 g/mol. The van der Waals surface area contributed by atoms with Crippen LogP contribution in [-0.2, 0) is 6.54 Å². The second-order valence-electron chi connectivity index (χ2n) is 3.12. The van der Waals surface area contributed by atoms with Crippen molar-refractivity contribution < 1.29 is 0 Å². The SMILES string of the molecule is Nc1ccc(=O)n(Cc2sccc2Br)c1. The summed E-state index contributed by atoms with van der Waals surface area (Å²) in [6.07, 6.45) is 1.66. The number of aromatic nitrogens is 1. The Morgan fingerprint density at radius 2 is 2.20 bits per heavy atom. The van der Waals surface area contributed by atoms with Crippen molar-refractivity contribution in [3.8, 4) is 0 Å². The minimum absolute atomic E-state index is 0.0375. The number of anilines is 1. The van der Waals surface area contributed by atoms with E-state index >= 15 is 0 Å². The second kappa shape index (κ2) is 4.20. The molecule has 2 heterocycles. The summed E-state index contributed by atoms with van der Waals surface area (Å²) in [6, 6.07) is 5.07. The highest BCUT2D eigenvalue weighted by molar-refractivity contribution is 9.10. The summed E-state index contributed by atoms with van der Waals surface area (Å²) in [5, 5.41) is 1.98. The number of nitrogen functional groups attached to an aromatic ring is 1. The first-order valence-electron chi connectivity index (χ1n) is 4.34. The first-order chi connectivity index (χ1) is 7.16. The van der Waals surface area contributed by atoms with Gasteiger partial charge in [-0.25, -0.2) is 0 Å². The highest BCUT2D eigenvalue weighted by Gasteiger charge is 2.03. The maximum absolute atomic E-state index is 11.5. The van der Waals surface area contributed by atoms with Gasteiger partial charge in [-0.05, 0) is 33.4 Å². The Morgan fingerprint density at radius 3 is 2.87 bits per heavy atom. The van der Waals surface area contributed by atoms with Crippen molar-refractivity contribution in [2.75, 3.05) is 5.73 Å². The number of nitrogens with zero attached hydrogens (tertiary/aromatic N) is 1. The number of hydrogen-bond donors (Lipinski definition) is 1. The van der Waals surface area contributed by atoms with E-state index in [1.807, 2.05) is 11.4 Å². The van der Waals surface area contributed by atoms with Crippen LogP contribution < -0.4 is 11.3 Å². The van der Waals surface area contributed by atoms with Crippen LogP contribution >= 0.6 is 27.3 Å². The smallest absolute Gasteiger partial charge is 0.250 e. The van der Waals surface area contributed by atoms with Crippen molar-refractivity contribution in [2.45, 2.75) is 6.54 Å². The molecule has 0 saturated carbocycles. The van der Waals surface area contributed by atoms with Gasteiger partial charge in [-0.2, -0.15) is 0 Å². The zero-order valence-electron chi connectivity index (χ0n) is 7.81. The Kier molecular flexibility index (Phi) is 2.93. The quantitative estimate of drug-likeness (QED) is 0.920. The van der Waals surface area contributed by atoms with Gasteiger partial charge in [0.15, 0.2) is 0 Å². The zero-order valence-corrected chi connectivity index (χ0v) is 10.2. The summed E-state index contributed by atoms with van der Waals surface area (Å²) >= 11 is 5.04. The first kappa shape index (κ1) is 10.4. The molecule has 0 aliphatic carbocycles. The Labute approximate surface area is 99.3 Å². The molecule has 2 aromatic heterocycles. The van der Waals surface area contributed by atoms with Gasteiger partial charge in [-0.15, -0.1) is 11.3 Å². The van der Waals surface area contributed by atoms with Crippen LogP contribution in [0.25, 0.3) is 0 Å². The minimum atomic E-state index is -0.0375. The predicted molar refractivity (Wildman–Crippen MR) is 66.2 cm³/mol. The number of pyridine rings is 1. The van der Waals surface area contributed by atoms with E-state index in [0.717, 1.165) is 9.35 Å². The summed E-state index contributed by atoms with van der Waals surface area (Å²) in [6.45, 7) is 0.558. The molecule has 0 radical (unpaired) electrons. The fraction of sp³-hybridized carbons (Fsp3) is 0.100. The lowest BCUT2D eigenvalue weighted by atomic mass is 10.4. The Bertz CT molecular complexity index is 532. The van der Waals surface area contributed by atoms with E-state index in [1.165, 1.54) is 6.07 Å². The molecule has 2 rings (SSSR count). The normalized spacial score (nSPS) is 10.5. The monoisotopic (exact) mass is 284 g/mol. The van der Waals surface area contributed by atoms with Crippen LogP contribution in [0.15, 0.2) is 39.0 Å².